The van der Waals surface area contributed by atoms with Crippen LogP contribution in [-0.4, -0.2) is 42.3 Å². The van der Waals surface area contributed by atoms with E-state index in [1.54, 1.807) is 12.1 Å². The summed E-state index contributed by atoms with van der Waals surface area (Å²) in [6.07, 6.45) is 0.0982. The largest absolute Gasteiger partial charge is 0.496 e. The van der Waals surface area contributed by atoms with E-state index in [2.05, 4.69) is 4.90 Å². The molecule has 1 aliphatic rings. The van der Waals surface area contributed by atoms with Gasteiger partial charge < -0.3 is 9.47 Å². The summed E-state index contributed by atoms with van der Waals surface area (Å²) in [6, 6.07) is 4.97. The van der Waals surface area contributed by atoms with Crippen LogP contribution in [0.15, 0.2) is 23.1 Å². The summed E-state index contributed by atoms with van der Waals surface area (Å²) >= 11 is -0.140. The topological polar surface area (TPSA) is 21.7 Å². The normalized spacial score (nSPS) is 22.1. The smallest absolute Gasteiger partial charge is 0.446 e. The number of halogens is 3. The zero-order valence-electron chi connectivity index (χ0n) is 13.7. The second-order valence-corrected chi connectivity index (χ2v) is 7.50. The molecule has 0 N–H and O–H groups in total. The van der Waals surface area contributed by atoms with Crippen LogP contribution >= 0.6 is 11.8 Å². The lowest BCUT2D eigenvalue weighted by atomic mass is 10.0. The lowest BCUT2D eigenvalue weighted by Gasteiger charge is -2.41. The van der Waals surface area contributed by atoms with Crippen molar-refractivity contribution in [1.82, 2.24) is 4.90 Å². The number of alkyl halides is 3. The Kier molecular flexibility index (Phi) is 5.53. The van der Waals surface area contributed by atoms with Crippen molar-refractivity contribution in [3.63, 3.8) is 0 Å². The van der Waals surface area contributed by atoms with E-state index in [4.69, 9.17) is 9.47 Å². The monoisotopic (exact) mass is 349 g/mol. The van der Waals surface area contributed by atoms with Crippen LogP contribution in [0.5, 0.6) is 5.75 Å². The average molecular weight is 349 g/mol. The molecule has 3 nitrogen and oxygen atoms in total. The molecule has 0 spiro atoms. The Morgan fingerprint density at radius 3 is 2.65 bits per heavy atom. The fourth-order valence-electron chi connectivity index (χ4n) is 2.99. The van der Waals surface area contributed by atoms with Gasteiger partial charge in [-0.15, -0.1) is 0 Å². The van der Waals surface area contributed by atoms with Crippen LogP contribution in [0.3, 0.4) is 0 Å². The molecule has 130 valence electrons. The Morgan fingerprint density at radius 2 is 2.09 bits per heavy atom. The van der Waals surface area contributed by atoms with Crippen LogP contribution in [0, 0.1) is 0 Å². The van der Waals surface area contributed by atoms with Gasteiger partial charge in [0.05, 0.1) is 23.7 Å². The Bertz CT molecular complexity index is 549. The molecule has 1 aliphatic heterocycles. The highest BCUT2D eigenvalue weighted by molar-refractivity contribution is 8.00. The molecule has 2 rings (SSSR count). The van der Waals surface area contributed by atoms with Crippen LogP contribution in [-0.2, 0) is 11.3 Å². The molecule has 0 unspecified atom stereocenters. The van der Waals surface area contributed by atoms with Gasteiger partial charge in [0.1, 0.15) is 5.75 Å². The minimum absolute atomic E-state index is 0.0954. The van der Waals surface area contributed by atoms with E-state index >= 15 is 0 Å². The van der Waals surface area contributed by atoms with Crippen molar-refractivity contribution in [2.24, 2.45) is 0 Å². The fraction of sp³-hybridized carbons (Fsp3) is 0.625. The van der Waals surface area contributed by atoms with Gasteiger partial charge in [-0.25, -0.2) is 0 Å². The number of thioether (sulfide) groups is 1. The molecule has 1 heterocycles. The molecular formula is C16H22F3NO2S. The summed E-state index contributed by atoms with van der Waals surface area (Å²) < 4.78 is 48.9. The Hall–Kier alpha value is -0.920. The van der Waals surface area contributed by atoms with Gasteiger partial charge in [-0.1, -0.05) is 6.07 Å². The van der Waals surface area contributed by atoms with Gasteiger partial charge in [0.2, 0.25) is 0 Å². The number of ether oxygens (including phenoxy) is 2. The van der Waals surface area contributed by atoms with Gasteiger partial charge in [0.15, 0.2) is 0 Å². The Morgan fingerprint density at radius 1 is 1.39 bits per heavy atom. The highest BCUT2D eigenvalue weighted by Gasteiger charge is 2.32. The number of rotatable bonds is 4. The lowest BCUT2D eigenvalue weighted by Crippen LogP contribution is -2.51. The van der Waals surface area contributed by atoms with Gasteiger partial charge >= 0.3 is 5.51 Å². The van der Waals surface area contributed by atoms with Gasteiger partial charge in [0.25, 0.3) is 0 Å². The molecule has 1 saturated heterocycles. The van der Waals surface area contributed by atoms with Gasteiger partial charge in [-0.05, 0) is 50.2 Å². The van der Waals surface area contributed by atoms with E-state index in [9.17, 15) is 13.2 Å². The molecule has 0 amide bonds. The van der Waals surface area contributed by atoms with E-state index in [0.717, 1.165) is 18.7 Å². The van der Waals surface area contributed by atoms with Crippen LogP contribution < -0.4 is 4.74 Å². The molecule has 0 bridgehead atoms. The highest BCUT2D eigenvalue weighted by Crippen LogP contribution is 2.42. The van der Waals surface area contributed by atoms with E-state index < -0.39 is 5.51 Å². The highest BCUT2D eigenvalue weighted by atomic mass is 32.2. The summed E-state index contributed by atoms with van der Waals surface area (Å²) in [5.41, 5.74) is -3.75. The molecule has 1 fully saturated rings. The predicted octanol–water partition coefficient (Wildman–Crippen LogP) is 4.31. The third-order valence-corrected chi connectivity index (χ3v) is 4.27. The van der Waals surface area contributed by atoms with E-state index in [1.165, 1.54) is 7.11 Å². The van der Waals surface area contributed by atoms with Crippen LogP contribution in [0.4, 0.5) is 13.2 Å². The summed E-state index contributed by atoms with van der Waals surface area (Å²) in [5, 5.41) is 0. The maximum atomic E-state index is 12.7. The zero-order chi connectivity index (χ0) is 17.3. The van der Waals surface area contributed by atoms with Crippen LogP contribution in [0.1, 0.15) is 26.3 Å². The van der Waals surface area contributed by atoms with Gasteiger partial charge in [-0.3, -0.25) is 4.90 Å². The summed E-state index contributed by atoms with van der Waals surface area (Å²) in [4.78, 5) is 2.30. The quantitative estimate of drug-likeness (QED) is 0.755. The molecule has 7 heteroatoms. The SMILES string of the molecule is COc1ccc(CN2C[C@H](C)OC(C)(C)C2)cc1SC(F)(F)F. The average Bonchev–Trinajstić information content (AvgIpc) is 2.34. The van der Waals surface area contributed by atoms with E-state index in [-0.39, 0.29) is 34.1 Å². The number of benzene rings is 1. The molecule has 0 aromatic heterocycles. The van der Waals surface area contributed by atoms with Gasteiger partial charge in [-0.2, -0.15) is 13.2 Å². The number of hydrogen-bond acceptors (Lipinski definition) is 4. The van der Waals surface area contributed by atoms with Crippen molar-refractivity contribution in [2.45, 2.75) is 49.4 Å². The predicted molar refractivity (Wildman–Crippen MR) is 84.8 cm³/mol. The zero-order valence-corrected chi connectivity index (χ0v) is 14.6. The number of morpholine rings is 1. The van der Waals surface area contributed by atoms with Crippen LogP contribution in [0.2, 0.25) is 0 Å². The number of hydrogen-bond donors (Lipinski definition) is 0. The van der Waals surface area contributed by atoms with Crippen molar-refractivity contribution < 1.29 is 22.6 Å². The van der Waals surface area contributed by atoms with E-state index in [1.807, 2.05) is 26.8 Å². The first-order chi connectivity index (χ1) is 10.6. The first-order valence-electron chi connectivity index (χ1n) is 7.41. The summed E-state index contributed by atoms with van der Waals surface area (Å²) in [5.74, 6) is 0.242. The summed E-state index contributed by atoms with van der Waals surface area (Å²) in [7, 11) is 1.38. The van der Waals surface area contributed by atoms with Crippen molar-refractivity contribution in [2.75, 3.05) is 20.2 Å². The fourth-order valence-corrected chi connectivity index (χ4v) is 3.70. The number of methoxy groups -OCH3 is 1. The molecule has 0 saturated carbocycles. The van der Waals surface area contributed by atoms with Crippen molar-refractivity contribution >= 4 is 11.8 Å². The maximum Gasteiger partial charge on any atom is 0.446 e. The molecule has 1 aromatic carbocycles. The molecule has 1 atom stereocenters. The third-order valence-electron chi connectivity index (χ3n) is 3.50. The van der Waals surface area contributed by atoms with Crippen LogP contribution in [0.25, 0.3) is 0 Å². The van der Waals surface area contributed by atoms with Gasteiger partial charge in [0, 0.05) is 19.6 Å². The minimum atomic E-state index is -4.33. The second kappa shape index (κ2) is 6.91. The molecule has 23 heavy (non-hydrogen) atoms. The Labute approximate surface area is 139 Å². The first kappa shape index (κ1) is 18.4. The van der Waals surface area contributed by atoms with E-state index in [0.29, 0.717) is 6.54 Å². The number of nitrogens with zero attached hydrogens (tertiary/aromatic N) is 1. The van der Waals surface area contributed by atoms with Crippen molar-refractivity contribution in [1.29, 1.82) is 0 Å². The summed E-state index contributed by atoms with van der Waals surface area (Å²) in [6.45, 7) is 8.14. The Balaban J connectivity index is 2.15. The van der Waals surface area contributed by atoms with Crippen molar-refractivity contribution in [3.05, 3.63) is 23.8 Å². The maximum absolute atomic E-state index is 12.7. The molecule has 0 radical (unpaired) electrons. The minimum Gasteiger partial charge on any atom is -0.496 e. The van der Waals surface area contributed by atoms with Crippen molar-refractivity contribution in [3.8, 4) is 5.75 Å². The molecule has 0 aliphatic carbocycles. The third kappa shape index (κ3) is 5.58. The molecule has 1 aromatic rings. The second-order valence-electron chi connectivity index (χ2n) is 6.39. The lowest BCUT2D eigenvalue weighted by molar-refractivity contribution is -0.130. The molecular weight excluding hydrogens is 327 g/mol. The first-order valence-corrected chi connectivity index (χ1v) is 8.22. The standard InChI is InChI=1S/C16H22F3NO2S/c1-11-8-20(10-15(2,3)22-11)9-12-5-6-13(21-4)14(7-12)23-16(17,18)19/h5-7,11H,8-10H2,1-4H3/t11-/m0/s1.